The zero-order chi connectivity index (χ0) is 24.3. The zero-order valence-electron chi connectivity index (χ0n) is 20.2. The lowest BCUT2D eigenvalue weighted by molar-refractivity contribution is -0.142. The summed E-state index contributed by atoms with van der Waals surface area (Å²) in [6.45, 7) is 0.498. The van der Waals surface area contributed by atoms with Crippen LogP contribution >= 0.6 is 0 Å². The Bertz CT molecular complexity index is 1330. The molecule has 0 unspecified atom stereocenters. The van der Waals surface area contributed by atoms with Crippen LogP contribution in [0.1, 0.15) is 54.7 Å². The van der Waals surface area contributed by atoms with Crippen molar-refractivity contribution < 1.29 is 14.3 Å². The number of fused-ring (bicyclic) bond motifs is 6. The molecule has 7 rings (SSSR count). The third-order valence-electron chi connectivity index (χ3n) is 8.89. The van der Waals surface area contributed by atoms with Crippen molar-refractivity contribution in [2.45, 2.75) is 56.1 Å². The number of ether oxygens (including phenoxy) is 1. The van der Waals surface area contributed by atoms with Gasteiger partial charge in [-0.1, -0.05) is 86.0 Å². The van der Waals surface area contributed by atoms with Crippen LogP contribution in [0.5, 0.6) is 5.75 Å². The van der Waals surface area contributed by atoms with Gasteiger partial charge in [-0.25, -0.2) is 0 Å². The second kappa shape index (κ2) is 8.31. The third kappa shape index (κ3) is 3.05. The van der Waals surface area contributed by atoms with Crippen molar-refractivity contribution in [2.24, 2.45) is 11.8 Å². The van der Waals surface area contributed by atoms with Gasteiger partial charge in [0.05, 0.1) is 12.5 Å². The van der Waals surface area contributed by atoms with Crippen molar-refractivity contribution in [1.82, 2.24) is 5.32 Å². The van der Waals surface area contributed by atoms with Crippen molar-refractivity contribution in [3.8, 4) is 5.75 Å². The van der Waals surface area contributed by atoms with E-state index >= 15 is 0 Å². The highest BCUT2D eigenvalue weighted by Crippen LogP contribution is 2.60. The van der Waals surface area contributed by atoms with E-state index in [1.54, 1.807) is 0 Å². The molecule has 5 heteroatoms. The Morgan fingerprint density at radius 1 is 0.861 bits per heavy atom. The Labute approximate surface area is 211 Å². The molecular formula is C31H30N2O3. The minimum atomic E-state index is -0.992. The number of benzene rings is 3. The number of carbonyl (C=O) groups excluding carboxylic acids is 2. The fourth-order valence-electron chi connectivity index (χ4n) is 7.38. The molecule has 182 valence electrons. The Hall–Kier alpha value is -3.44. The van der Waals surface area contributed by atoms with Crippen molar-refractivity contribution in [2.75, 3.05) is 4.90 Å². The second-order valence-electron chi connectivity index (χ2n) is 10.7. The average Bonchev–Trinajstić information content (AvgIpc) is 3.41. The van der Waals surface area contributed by atoms with Crippen molar-refractivity contribution >= 4 is 17.6 Å². The molecule has 0 radical (unpaired) electrons. The quantitative estimate of drug-likeness (QED) is 0.410. The number of para-hydroxylation sites is 2. The molecule has 3 aromatic carbocycles. The molecule has 4 atom stereocenters. The van der Waals surface area contributed by atoms with E-state index in [9.17, 15) is 9.59 Å². The fraction of sp³-hybridized carbons (Fsp3) is 0.355. The molecule has 5 nitrogen and oxygen atoms in total. The number of hydrogen-bond acceptors (Lipinski definition) is 4. The normalized spacial score (nSPS) is 29.1. The van der Waals surface area contributed by atoms with Crippen LogP contribution in [0.25, 0.3) is 0 Å². The molecular weight excluding hydrogens is 448 g/mol. The van der Waals surface area contributed by atoms with Gasteiger partial charge in [0.15, 0.2) is 0 Å². The Balaban J connectivity index is 1.41. The number of esters is 1. The van der Waals surface area contributed by atoms with Gasteiger partial charge >= 0.3 is 5.97 Å². The molecule has 0 aromatic heterocycles. The summed E-state index contributed by atoms with van der Waals surface area (Å²) in [6.07, 6.45) is 5.74. The monoisotopic (exact) mass is 478 g/mol. The average molecular weight is 479 g/mol. The van der Waals surface area contributed by atoms with Crippen LogP contribution in [-0.4, -0.2) is 17.9 Å². The second-order valence-corrected chi connectivity index (χ2v) is 10.7. The largest absolute Gasteiger partial charge is 0.426 e. The van der Waals surface area contributed by atoms with E-state index < -0.39 is 11.5 Å². The number of amides is 1. The van der Waals surface area contributed by atoms with E-state index in [4.69, 9.17) is 4.74 Å². The summed E-state index contributed by atoms with van der Waals surface area (Å²) in [6, 6.07) is 26.0. The molecule has 1 saturated heterocycles. The van der Waals surface area contributed by atoms with Gasteiger partial charge in [-0.2, -0.15) is 0 Å². The molecule has 36 heavy (non-hydrogen) atoms. The number of anilines is 1. The molecule has 0 bridgehead atoms. The summed E-state index contributed by atoms with van der Waals surface area (Å²) in [4.78, 5) is 30.3. The molecule has 1 saturated carbocycles. The van der Waals surface area contributed by atoms with Crippen LogP contribution in [0, 0.1) is 11.8 Å². The molecule has 1 aliphatic carbocycles. The van der Waals surface area contributed by atoms with Gasteiger partial charge in [-0.3, -0.25) is 14.9 Å². The Kier molecular flexibility index (Phi) is 5.03. The first kappa shape index (κ1) is 21.8. The minimum Gasteiger partial charge on any atom is -0.426 e. The van der Waals surface area contributed by atoms with E-state index in [-0.39, 0.29) is 23.8 Å². The molecule has 1 amide bonds. The Morgan fingerprint density at radius 3 is 2.42 bits per heavy atom. The zero-order valence-corrected chi connectivity index (χ0v) is 20.2. The maximum absolute atomic E-state index is 14.7. The van der Waals surface area contributed by atoms with Gasteiger partial charge < -0.3 is 9.64 Å². The molecule has 3 heterocycles. The lowest BCUT2D eigenvalue weighted by atomic mass is 9.68. The van der Waals surface area contributed by atoms with Gasteiger partial charge in [-0.15, -0.1) is 0 Å². The maximum Gasteiger partial charge on any atom is 0.316 e. The summed E-state index contributed by atoms with van der Waals surface area (Å²) in [5.41, 5.74) is 2.95. The van der Waals surface area contributed by atoms with Crippen LogP contribution in [0.2, 0.25) is 0 Å². The first-order chi connectivity index (χ1) is 17.7. The van der Waals surface area contributed by atoms with Gasteiger partial charge in [-0.05, 0) is 36.5 Å². The lowest BCUT2D eigenvalue weighted by Crippen LogP contribution is -2.52. The van der Waals surface area contributed by atoms with Crippen molar-refractivity contribution in [1.29, 1.82) is 0 Å². The highest BCUT2D eigenvalue weighted by Gasteiger charge is 2.68. The number of nitrogens with one attached hydrogen (secondary N) is 1. The van der Waals surface area contributed by atoms with Crippen LogP contribution in [0.4, 0.5) is 5.69 Å². The molecule has 1 spiro atoms. The first-order valence-electron chi connectivity index (χ1n) is 13.2. The van der Waals surface area contributed by atoms with Crippen molar-refractivity contribution in [3.63, 3.8) is 0 Å². The van der Waals surface area contributed by atoms with Gasteiger partial charge in [0.2, 0.25) is 0 Å². The van der Waals surface area contributed by atoms with Crippen molar-refractivity contribution in [3.05, 3.63) is 95.6 Å². The highest BCUT2D eigenvalue weighted by atomic mass is 16.5. The smallest absolute Gasteiger partial charge is 0.316 e. The molecule has 4 aliphatic rings. The van der Waals surface area contributed by atoms with E-state index in [2.05, 4.69) is 23.5 Å². The number of rotatable bonds is 3. The summed E-state index contributed by atoms with van der Waals surface area (Å²) in [5, 5.41) is 3.88. The van der Waals surface area contributed by atoms with E-state index in [1.165, 1.54) is 19.3 Å². The van der Waals surface area contributed by atoms with Gasteiger partial charge in [0, 0.05) is 28.8 Å². The topological polar surface area (TPSA) is 58.6 Å². The summed E-state index contributed by atoms with van der Waals surface area (Å²) < 4.78 is 5.91. The first-order valence-corrected chi connectivity index (χ1v) is 13.2. The highest BCUT2D eigenvalue weighted by molar-refractivity contribution is 6.09. The van der Waals surface area contributed by atoms with Gasteiger partial charge in [0.1, 0.15) is 11.3 Å². The Morgan fingerprint density at radius 2 is 1.58 bits per heavy atom. The van der Waals surface area contributed by atoms with Gasteiger partial charge in [0.25, 0.3) is 5.91 Å². The van der Waals surface area contributed by atoms with Crippen LogP contribution in [0.15, 0.2) is 78.9 Å². The number of hydrogen-bond donors (Lipinski definition) is 1. The standard InChI is InChI=1S/C31H30N2O3/c34-29-26-27(22-15-7-10-18-25(22)36-29)31(32-28(26)21-13-5-2-6-14-21)23-16-8-9-17-24(23)33(30(31)35)19-20-11-3-1-4-12-20/h1,3-4,7-12,15-18,21,26-28,32H,2,5-6,13-14,19H2/t26-,27+,28+,31-/m0/s1. The maximum atomic E-state index is 14.7. The lowest BCUT2D eigenvalue weighted by Gasteiger charge is -2.36. The van der Waals surface area contributed by atoms with Crippen LogP contribution in [-0.2, 0) is 21.7 Å². The number of carbonyl (C=O) groups is 2. The van der Waals surface area contributed by atoms with Crippen LogP contribution < -0.4 is 15.0 Å². The molecule has 3 aliphatic heterocycles. The fourth-order valence-corrected chi connectivity index (χ4v) is 7.38. The molecule has 2 fully saturated rings. The summed E-state index contributed by atoms with van der Waals surface area (Å²) >= 11 is 0. The number of nitrogens with zero attached hydrogens (tertiary/aromatic N) is 1. The van der Waals surface area contributed by atoms with E-state index in [0.29, 0.717) is 18.2 Å². The van der Waals surface area contributed by atoms with E-state index in [0.717, 1.165) is 35.2 Å². The predicted molar refractivity (Wildman–Crippen MR) is 138 cm³/mol. The third-order valence-corrected chi connectivity index (χ3v) is 8.89. The molecule has 3 aromatic rings. The molecule has 1 N–H and O–H groups in total. The van der Waals surface area contributed by atoms with E-state index in [1.807, 2.05) is 65.6 Å². The summed E-state index contributed by atoms with van der Waals surface area (Å²) in [5.74, 6) is 0.0661. The van der Waals surface area contributed by atoms with Crippen LogP contribution in [0.3, 0.4) is 0 Å². The predicted octanol–water partition coefficient (Wildman–Crippen LogP) is 5.30. The SMILES string of the molecule is O=C1Oc2ccccc2[C@@H]2[C@H]1[C@@H](C1CCCCC1)N[C@]21C(=O)N(Cc2ccccc2)c2ccccc21. The summed E-state index contributed by atoms with van der Waals surface area (Å²) in [7, 11) is 0. The minimum absolute atomic E-state index is 0.0327.